The van der Waals surface area contributed by atoms with Gasteiger partial charge in [0, 0.05) is 31.2 Å². The molecule has 1 saturated heterocycles. The monoisotopic (exact) mass is 315 g/mol. The molecule has 0 bridgehead atoms. The van der Waals surface area contributed by atoms with Crippen LogP contribution in [0.15, 0.2) is 23.0 Å². The predicted molar refractivity (Wildman–Crippen MR) is 81.9 cm³/mol. The first kappa shape index (κ1) is 16.5. The maximum Gasteiger partial charge on any atom is 0.279 e. The number of rotatable bonds is 7. The zero-order valence-electron chi connectivity index (χ0n) is 12.7. The summed E-state index contributed by atoms with van der Waals surface area (Å²) in [6, 6.07) is 2.23. The van der Waals surface area contributed by atoms with E-state index < -0.39 is 10.2 Å². The SMILES string of the molecule is CC(C)NCC1CCN(S(=O)(=O)NCc2ccoc2)CC1. The summed E-state index contributed by atoms with van der Waals surface area (Å²) in [5, 5.41) is 3.42. The number of furan rings is 1. The smallest absolute Gasteiger partial charge is 0.279 e. The lowest BCUT2D eigenvalue weighted by Gasteiger charge is -2.31. The van der Waals surface area contributed by atoms with Gasteiger partial charge in [0.1, 0.15) is 0 Å². The maximum absolute atomic E-state index is 12.2. The maximum atomic E-state index is 12.2. The van der Waals surface area contributed by atoms with Crippen molar-refractivity contribution in [3.05, 3.63) is 24.2 Å². The number of hydrogen-bond acceptors (Lipinski definition) is 4. The van der Waals surface area contributed by atoms with Crippen LogP contribution in [0.25, 0.3) is 0 Å². The van der Waals surface area contributed by atoms with E-state index in [1.165, 1.54) is 6.26 Å². The van der Waals surface area contributed by atoms with Gasteiger partial charge in [-0.15, -0.1) is 0 Å². The zero-order chi connectivity index (χ0) is 15.3. The molecule has 0 aliphatic carbocycles. The minimum Gasteiger partial charge on any atom is -0.472 e. The Bertz CT molecular complexity index is 506. The molecule has 120 valence electrons. The van der Waals surface area contributed by atoms with Crippen molar-refractivity contribution in [3.63, 3.8) is 0 Å². The summed E-state index contributed by atoms with van der Waals surface area (Å²) >= 11 is 0. The normalized spacial score (nSPS) is 18.4. The van der Waals surface area contributed by atoms with Gasteiger partial charge in [0.2, 0.25) is 0 Å². The minimum absolute atomic E-state index is 0.271. The average molecular weight is 315 g/mol. The van der Waals surface area contributed by atoms with Crippen LogP contribution in [0.4, 0.5) is 0 Å². The molecule has 1 aliphatic heterocycles. The van der Waals surface area contributed by atoms with Crippen molar-refractivity contribution < 1.29 is 12.8 Å². The second-order valence-electron chi connectivity index (χ2n) is 5.86. The Labute approximate surface area is 127 Å². The van der Waals surface area contributed by atoms with Gasteiger partial charge in [0.05, 0.1) is 12.5 Å². The quantitative estimate of drug-likeness (QED) is 0.796. The Morgan fingerprint density at radius 3 is 2.67 bits per heavy atom. The molecule has 0 unspecified atom stereocenters. The van der Waals surface area contributed by atoms with Crippen molar-refractivity contribution in [2.24, 2.45) is 5.92 Å². The van der Waals surface area contributed by atoms with Crippen LogP contribution < -0.4 is 10.0 Å². The summed E-state index contributed by atoms with van der Waals surface area (Å²) in [7, 11) is -3.39. The molecule has 0 aromatic carbocycles. The lowest BCUT2D eigenvalue weighted by molar-refractivity contribution is 0.261. The van der Waals surface area contributed by atoms with Crippen molar-refractivity contribution in [3.8, 4) is 0 Å². The van der Waals surface area contributed by atoms with Crippen LogP contribution in [-0.4, -0.2) is 38.4 Å². The number of piperidine rings is 1. The van der Waals surface area contributed by atoms with E-state index in [0.29, 0.717) is 25.0 Å². The molecule has 7 heteroatoms. The number of nitrogens with zero attached hydrogens (tertiary/aromatic N) is 1. The molecule has 1 fully saturated rings. The summed E-state index contributed by atoms with van der Waals surface area (Å²) < 4.78 is 33.5. The Hall–Kier alpha value is -0.890. The van der Waals surface area contributed by atoms with Gasteiger partial charge in [-0.1, -0.05) is 13.8 Å². The van der Waals surface area contributed by atoms with E-state index in [2.05, 4.69) is 23.9 Å². The molecule has 1 aromatic heterocycles. The first-order chi connectivity index (χ1) is 9.97. The van der Waals surface area contributed by atoms with Gasteiger partial charge < -0.3 is 9.73 Å². The lowest BCUT2D eigenvalue weighted by Crippen LogP contribution is -2.46. The Morgan fingerprint density at radius 1 is 1.38 bits per heavy atom. The molecule has 6 nitrogen and oxygen atoms in total. The summed E-state index contributed by atoms with van der Waals surface area (Å²) in [6.07, 6.45) is 4.90. The molecule has 2 N–H and O–H groups in total. The molecule has 0 saturated carbocycles. The third-order valence-corrected chi connectivity index (χ3v) is 5.32. The molecule has 2 rings (SSSR count). The van der Waals surface area contributed by atoms with Crippen LogP contribution >= 0.6 is 0 Å². The third kappa shape index (κ3) is 5.10. The van der Waals surface area contributed by atoms with E-state index in [1.807, 2.05) is 0 Å². The molecule has 0 radical (unpaired) electrons. The summed E-state index contributed by atoms with van der Waals surface area (Å²) in [5.74, 6) is 0.563. The fourth-order valence-electron chi connectivity index (χ4n) is 2.42. The first-order valence-electron chi connectivity index (χ1n) is 7.46. The van der Waals surface area contributed by atoms with Crippen LogP contribution in [0.5, 0.6) is 0 Å². The van der Waals surface area contributed by atoms with Crippen molar-refractivity contribution >= 4 is 10.2 Å². The van der Waals surface area contributed by atoms with Gasteiger partial charge in [-0.3, -0.25) is 0 Å². The van der Waals surface area contributed by atoms with E-state index >= 15 is 0 Å². The van der Waals surface area contributed by atoms with Crippen LogP contribution in [-0.2, 0) is 16.8 Å². The van der Waals surface area contributed by atoms with Crippen molar-refractivity contribution in [1.82, 2.24) is 14.3 Å². The van der Waals surface area contributed by atoms with E-state index in [0.717, 1.165) is 24.9 Å². The molecule has 1 aliphatic rings. The van der Waals surface area contributed by atoms with E-state index in [4.69, 9.17) is 4.42 Å². The molecule has 0 spiro atoms. The third-order valence-electron chi connectivity index (χ3n) is 3.77. The van der Waals surface area contributed by atoms with Gasteiger partial charge in [-0.05, 0) is 31.4 Å². The number of hydrogen-bond donors (Lipinski definition) is 2. The highest BCUT2D eigenvalue weighted by Gasteiger charge is 2.27. The summed E-state index contributed by atoms with van der Waals surface area (Å²) in [4.78, 5) is 0. The first-order valence-corrected chi connectivity index (χ1v) is 8.90. The van der Waals surface area contributed by atoms with Gasteiger partial charge in [-0.25, -0.2) is 0 Å². The average Bonchev–Trinajstić information content (AvgIpc) is 2.97. The molecule has 0 atom stereocenters. The summed E-state index contributed by atoms with van der Waals surface area (Å²) in [6.45, 7) is 6.66. The van der Waals surface area contributed by atoms with Gasteiger partial charge in [0.15, 0.2) is 0 Å². The molecular weight excluding hydrogens is 290 g/mol. The molecule has 2 heterocycles. The fraction of sp³-hybridized carbons (Fsp3) is 0.714. The van der Waals surface area contributed by atoms with Gasteiger partial charge >= 0.3 is 0 Å². The van der Waals surface area contributed by atoms with Gasteiger partial charge in [0.25, 0.3) is 10.2 Å². The Morgan fingerprint density at radius 2 is 2.10 bits per heavy atom. The topological polar surface area (TPSA) is 74.6 Å². The largest absolute Gasteiger partial charge is 0.472 e. The minimum atomic E-state index is -3.39. The second-order valence-corrected chi connectivity index (χ2v) is 7.62. The summed E-state index contributed by atoms with van der Waals surface area (Å²) in [5.41, 5.74) is 0.828. The molecular formula is C14H25N3O3S. The van der Waals surface area contributed by atoms with E-state index in [1.54, 1.807) is 16.6 Å². The highest BCUT2D eigenvalue weighted by molar-refractivity contribution is 7.87. The van der Waals surface area contributed by atoms with Crippen molar-refractivity contribution in [2.75, 3.05) is 19.6 Å². The molecule has 21 heavy (non-hydrogen) atoms. The molecule has 1 aromatic rings. The zero-order valence-corrected chi connectivity index (χ0v) is 13.5. The Balaban J connectivity index is 1.77. The molecule has 0 amide bonds. The predicted octanol–water partition coefficient (Wildman–Crippen LogP) is 1.32. The van der Waals surface area contributed by atoms with Crippen LogP contribution in [0.1, 0.15) is 32.3 Å². The van der Waals surface area contributed by atoms with E-state index in [9.17, 15) is 8.42 Å². The Kier molecular flexibility index (Phi) is 5.80. The highest BCUT2D eigenvalue weighted by atomic mass is 32.2. The fourth-order valence-corrected chi connectivity index (χ4v) is 3.64. The van der Waals surface area contributed by atoms with Gasteiger partial charge in [-0.2, -0.15) is 17.4 Å². The lowest BCUT2D eigenvalue weighted by atomic mass is 9.98. The van der Waals surface area contributed by atoms with Crippen LogP contribution in [0.2, 0.25) is 0 Å². The standard InChI is InChI=1S/C14H25N3O3S/c1-12(2)15-9-13-3-6-17(7-4-13)21(18,19)16-10-14-5-8-20-11-14/h5,8,11-13,15-16H,3-4,6-7,9-10H2,1-2H3. The second kappa shape index (κ2) is 7.40. The van der Waals surface area contributed by atoms with E-state index in [-0.39, 0.29) is 6.54 Å². The van der Waals surface area contributed by atoms with Crippen LogP contribution in [0, 0.1) is 5.92 Å². The van der Waals surface area contributed by atoms with Crippen molar-refractivity contribution in [2.45, 2.75) is 39.3 Å². The highest BCUT2D eigenvalue weighted by Crippen LogP contribution is 2.18. The van der Waals surface area contributed by atoms with Crippen LogP contribution in [0.3, 0.4) is 0 Å². The van der Waals surface area contributed by atoms with Crippen molar-refractivity contribution in [1.29, 1.82) is 0 Å². The number of nitrogens with one attached hydrogen (secondary N) is 2.